The van der Waals surface area contributed by atoms with Gasteiger partial charge in [0.1, 0.15) is 11.3 Å². The summed E-state index contributed by atoms with van der Waals surface area (Å²) in [5.74, 6) is 0.433. The van der Waals surface area contributed by atoms with Gasteiger partial charge in [0.2, 0.25) is 5.89 Å². The second kappa shape index (κ2) is 8.52. The summed E-state index contributed by atoms with van der Waals surface area (Å²) < 4.78 is 11.7. The molecule has 2 aromatic heterocycles. The first-order valence-electron chi connectivity index (χ1n) is 11.1. The number of nitrogens with zero attached hydrogens (tertiary/aromatic N) is 2. The Morgan fingerprint density at radius 1 is 0.833 bits per heavy atom. The van der Waals surface area contributed by atoms with Crippen molar-refractivity contribution in [1.82, 2.24) is 4.98 Å². The van der Waals surface area contributed by atoms with Crippen LogP contribution in [0.2, 0.25) is 0 Å². The number of hydrogen-bond acceptors (Lipinski definition) is 6. The van der Waals surface area contributed by atoms with Gasteiger partial charge in [0.15, 0.2) is 11.3 Å². The van der Waals surface area contributed by atoms with Gasteiger partial charge in [-0.25, -0.2) is 4.98 Å². The standard InChI is InChI=1S/C28H17N3O5/c32-27(25-14-13-23(35-25)18-6-4-9-21(16-18)31(33)34)29-20-8-3-7-19(15-20)28-30-26-22-10-2-1-5-17(22)11-12-24(26)36-28/h1-16H,(H,29,32). The Morgan fingerprint density at radius 3 is 2.56 bits per heavy atom. The molecule has 1 N–H and O–H groups in total. The van der Waals surface area contributed by atoms with Crippen molar-refractivity contribution in [1.29, 1.82) is 0 Å². The quantitative estimate of drug-likeness (QED) is 0.211. The van der Waals surface area contributed by atoms with Crippen molar-refractivity contribution in [3.8, 4) is 22.8 Å². The molecule has 0 saturated carbocycles. The van der Waals surface area contributed by atoms with Crippen molar-refractivity contribution >= 4 is 39.2 Å². The van der Waals surface area contributed by atoms with Crippen molar-refractivity contribution in [3.63, 3.8) is 0 Å². The normalized spacial score (nSPS) is 11.1. The molecule has 6 aromatic rings. The van der Waals surface area contributed by atoms with E-state index in [9.17, 15) is 14.9 Å². The van der Waals surface area contributed by atoms with E-state index in [1.807, 2.05) is 42.5 Å². The Kier molecular flexibility index (Phi) is 5.04. The third-order valence-corrected chi connectivity index (χ3v) is 5.82. The zero-order chi connectivity index (χ0) is 24.6. The van der Waals surface area contributed by atoms with Crippen molar-refractivity contribution in [3.05, 3.63) is 113 Å². The first-order chi connectivity index (χ1) is 17.5. The van der Waals surface area contributed by atoms with Gasteiger partial charge >= 0.3 is 0 Å². The van der Waals surface area contributed by atoms with Crippen LogP contribution in [-0.2, 0) is 0 Å². The summed E-state index contributed by atoms with van der Waals surface area (Å²) in [6.45, 7) is 0. The molecule has 2 heterocycles. The van der Waals surface area contributed by atoms with Gasteiger partial charge in [-0.3, -0.25) is 14.9 Å². The third-order valence-electron chi connectivity index (χ3n) is 5.82. The van der Waals surface area contributed by atoms with Gasteiger partial charge in [-0.1, -0.05) is 48.5 Å². The van der Waals surface area contributed by atoms with Gasteiger partial charge in [0.05, 0.1) is 4.92 Å². The van der Waals surface area contributed by atoms with Crippen molar-refractivity contribution in [2.24, 2.45) is 0 Å². The summed E-state index contributed by atoms with van der Waals surface area (Å²) in [7, 11) is 0. The average Bonchev–Trinajstić information content (AvgIpc) is 3.57. The third kappa shape index (κ3) is 3.86. The molecular weight excluding hydrogens is 458 g/mol. The van der Waals surface area contributed by atoms with Gasteiger partial charge in [0.25, 0.3) is 11.6 Å². The molecule has 0 aliphatic heterocycles. The molecule has 4 aromatic carbocycles. The van der Waals surface area contributed by atoms with E-state index in [1.54, 1.807) is 36.4 Å². The van der Waals surface area contributed by atoms with E-state index in [0.717, 1.165) is 16.3 Å². The smallest absolute Gasteiger partial charge is 0.291 e. The molecule has 8 heteroatoms. The zero-order valence-electron chi connectivity index (χ0n) is 18.7. The number of non-ortho nitro benzene ring substituents is 1. The number of nitrogens with one attached hydrogen (secondary N) is 1. The summed E-state index contributed by atoms with van der Waals surface area (Å²) in [5.41, 5.74) is 3.17. The molecule has 174 valence electrons. The summed E-state index contributed by atoms with van der Waals surface area (Å²) in [6.07, 6.45) is 0. The monoisotopic (exact) mass is 475 g/mol. The van der Waals surface area contributed by atoms with Gasteiger partial charge in [0, 0.05) is 34.3 Å². The second-order valence-corrected chi connectivity index (χ2v) is 8.16. The zero-order valence-corrected chi connectivity index (χ0v) is 18.7. The lowest BCUT2D eigenvalue weighted by Gasteiger charge is -2.04. The number of carbonyl (C=O) groups is 1. The van der Waals surface area contributed by atoms with E-state index in [4.69, 9.17) is 13.8 Å². The van der Waals surface area contributed by atoms with E-state index in [2.05, 4.69) is 5.32 Å². The number of anilines is 1. The molecule has 0 radical (unpaired) electrons. The largest absolute Gasteiger partial charge is 0.451 e. The molecule has 0 bridgehead atoms. The van der Waals surface area contributed by atoms with Crippen molar-refractivity contribution < 1.29 is 18.6 Å². The number of aromatic nitrogens is 1. The first-order valence-corrected chi connectivity index (χ1v) is 11.1. The van der Waals surface area contributed by atoms with Crippen LogP contribution in [0, 0.1) is 10.1 Å². The van der Waals surface area contributed by atoms with E-state index in [-0.39, 0.29) is 11.4 Å². The van der Waals surface area contributed by atoms with Gasteiger partial charge < -0.3 is 14.2 Å². The summed E-state index contributed by atoms with van der Waals surface area (Å²) in [5, 5.41) is 15.9. The lowest BCUT2D eigenvalue weighted by atomic mass is 10.1. The molecule has 1 amide bonds. The summed E-state index contributed by atoms with van der Waals surface area (Å²) in [4.78, 5) is 28.1. The predicted molar refractivity (Wildman–Crippen MR) is 136 cm³/mol. The fraction of sp³-hybridized carbons (Fsp3) is 0. The highest BCUT2D eigenvalue weighted by molar-refractivity contribution is 6.04. The lowest BCUT2D eigenvalue weighted by Crippen LogP contribution is -2.10. The Hall–Kier alpha value is -5.24. The maximum atomic E-state index is 12.8. The molecule has 8 nitrogen and oxygen atoms in total. The van der Waals surface area contributed by atoms with Crippen LogP contribution < -0.4 is 5.32 Å². The lowest BCUT2D eigenvalue weighted by molar-refractivity contribution is -0.384. The molecule has 0 saturated heterocycles. The highest BCUT2D eigenvalue weighted by Gasteiger charge is 2.16. The molecule has 0 spiro atoms. The van der Waals surface area contributed by atoms with E-state index < -0.39 is 10.8 Å². The minimum absolute atomic E-state index is 0.0566. The molecule has 6 rings (SSSR count). The molecule has 0 fully saturated rings. The van der Waals surface area contributed by atoms with E-state index in [0.29, 0.717) is 34.0 Å². The van der Waals surface area contributed by atoms with Crippen molar-refractivity contribution in [2.75, 3.05) is 5.32 Å². The molecule has 36 heavy (non-hydrogen) atoms. The number of nitro groups is 1. The van der Waals surface area contributed by atoms with Crippen LogP contribution in [0.1, 0.15) is 10.6 Å². The first kappa shape index (κ1) is 21.3. The van der Waals surface area contributed by atoms with Gasteiger partial charge in [-0.05, 0) is 41.8 Å². The number of rotatable bonds is 5. The molecule has 0 aliphatic rings. The van der Waals surface area contributed by atoms with Crippen LogP contribution >= 0.6 is 0 Å². The average molecular weight is 475 g/mol. The minimum atomic E-state index is -0.480. The Balaban J connectivity index is 1.25. The SMILES string of the molecule is O=C(Nc1cccc(-c2nc3c(ccc4ccccc43)o2)c1)c1ccc(-c2cccc([N+](=O)[O-])c2)o1. The minimum Gasteiger partial charge on any atom is -0.451 e. The van der Waals surface area contributed by atoms with Gasteiger partial charge in [-0.15, -0.1) is 0 Å². The Labute approximate surface area is 204 Å². The van der Waals surface area contributed by atoms with Crippen LogP contribution in [0.5, 0.6) is 0 Å². The van der Waals surface area contributed by atoms with Crippen LogP contribution in [0.15, 0.2) is 106 Å². The number of amides is 1. The molecular formula is C28H17N3O5. The number of fused-ring (bicyclic) bond motifs is 3. The number of benzene rings is 4. The molecule has 0 unspecified atom stereocenters. The molecule has 0 atom stereocenters. The highest BCUT2D eigenvalue weighted by Crippen LogP contribution is 2.31. The summed E-state index contributed by atoms with van der Waals surface area (Å²) >= 11 is 0. The number of hydrogen-bond donors (Lipinski definition) is 1. The van der Waals surface area contributed by atoms with E-state index >= 15 is 0 Å². The Morgan fingerprint density at radius 2 is 1.67 bits per heavy atom. The maximum Gasteiger partial charge on any atom is 0.291 e. The molecule has 0 aliphatic carbocycles. The fourth-order valence-electron chi connectivity index (χ4n) is 4.10. The van der Waals surface area contributed by atoms with Gasteiger partial charge in [-0.2, -0.15) is 0 Å². The Bertz CT molecular complexity index is 1780. The van der Waals surface area contributed by atoms with Crippen LogP contribution in [0.4, 0.5) is 11.4 Å². The van der Waals surface area contributed by atoms with E-state index in [1.165, 1.54) is 18.2 Å². The number of nitro benzene ring substituents is 1. The van der Waals surface area contributed by atoms with Crippen molar-refractivity contribution in [2.45, 2.75) is 0 Å². The second-order valence-electron chi connectivity index (χ2n) is 8.16. The van der Waals surface area contributed by atoms with Crippen LogP contribution in [0.3, 0.4) is 0 Å². The van der Waals surface area contributed by atoms with Crippen LogP contribution in [0.25, 0.3) is 44.7 Å². The number of furan rings is 1. The number of carbonyl (C=O) groups excluding carboxylic acids is 1. The summed E-state index contributed by atoms with van der Waals surface area (Å²) in [6, 6.07) is 28.2. The topological polar surface area (TPSA) is 111 Å². The highest BCUT2D eigenvalue weighted by atomic mass is 16.6. The van der Waals surface area contributed by atoms with Crippen LogP contribution in [-0.4, -0.2) is 15.8 Å². The predicted octanol–water partition coefficient (Wildman–Crippen LogP) is 7.07. The fourth-order valence-corrected chi connectivity index (χ4v) is 4.10. The maximum absolute atomic E-state index is 12.8. The number of oxazole rings is 1.